The number of nitrogen functional groups attached to an aromatic ring is 1. The third-order valence-corrected chi connectivity index (χ3v) is 2.99. The minimum Gasteiger partial charge on any atom is -0.507 e. The lowest BCUT2D eigenvalue weighted by molar-refractivity contribution is -0.115. The average Bonchev–Trinajstić information content (AvgIpc) is 2.49. The lowest BCUT2D eigenvalue weighted by Gasteiger charge is -2.09. The molecule has 0 bridgehead atoms. The summed E-state index contributed by atoms with van der Waals surface area (Å²) < 4.78 is 0. The molecule has 114 valence electrons. The van der Waals surface area contributed by atoms with Crippen LogP contribution in [0.5, 0.6) is 5.75 Å². The van der Waals surface area contributed by atoms with Crippen LogP contribution in [0, 0.1) is 0 Å². The Hall–Kier alpha value is -3.02. The number of carbonyl (C=O) groups is 2. The molecule has 22 heavy (non-hydrogen) atoms. The zero-order chi connectivity index (χ0) is 16.1. The first-order valence-corrected chi connectivity index (χ1v) is 6.79. The number of nitrogens with two attached hydrogens (primary N) is 1. The quantitative estimate of drug-likeness (QED) is 0.514. The van der Waals surface area contributed by atoms with Crippen molar-refractivity contribution in [1.29, 1.82) is 0 Å². The molecule has 6 heteroatoms. The minimum absolute atomic E-state index is 0.0861. The predicted octanol–water partition coefficient (Wildman–Crippen LogP) is 2.58. The first-order valence-electron chi connectivity index (χ1n) is 6.79. The lowest BCUT2D eigenvalue weighted by Crippen LogP contribution is -2.13. The fraction of sp³-hybridized carbons (Fsp3) is 0.125. The SMILES string of the molecule is CCC(=O)Nc1cccc(NC(=O)c2cc(N)ccc2O)c1. The van der Waals surface area contributed by atoms with Gasteiger partial charge in [-0.2, -0.15) is 0 Å². The van der Waals surface area contributed by atoms with Crippen molar-refractivity contribution in [2.75, 3.05) is 16.4 Å². The van der Waals surface area contributed by atoms with Crippen LogP contribution < -0.4 is 16.4 Å². The van der Waals surface area contributed by atoms with Gasteiger partial charge in [0.15, 0.2) is 0 Å². The number of nitrogens with one attached hydrogen (secondary N) is 2. The van der Waals surface area contributed by atoms with Gasteiger partial charge in [-0.1, -0.05) is 13.0 Å². The summed E-state index contributed by atoms with van der Waals surface area (Å²) in [5.41, 5.74) is 7.17. The largest absolute Gasteiger partial charge is 0.507 e. The summed E-state index contributed by atoms with van der Waals surface area (Å²) in [6.07, 6.45) is 0.369. The molecular formula is C16H17N3O3. The smallest absolute Gasteiger partial charge is 0.259 e. The first kappa shape index (κ1) is 15.4. The molecule has 6 nitrogen and oxygen atoms in total. The van der Waals surface area contributed by atoms with Crippen molar-refractivity contribution >= 4 is 28.9 Å². The molecule has 0 aromatic heterocycles. The van der Waals surface area contributed by atoms with Gasteiger partial charge in [0, 0.05) is 23.5 Å². The normalized spacial score (nSPS) is 10.0. The summed E-state index contributed by atoms with van der Waals surface area (Å²) >= 11 is 0. The van der Waals surface area contributed by atoms with E-state index in [9.17, 15) is 14.7 Å². The van der Waals surface area contributed by atoms with E-state index in [1.165, 1.54) is 18.2 Å². The Morgan fingerprint density at radius 1 is 1.09 bits per heavy atom. The van der Waals surface area contributed by atoms with Crippen LogP contribution in [0.25, 0.3) is 0 Å². The first-order chi connectivity index (χ1) is 10.5. The van der Waals surface area contributed by atoms with Crippen molar-refractivity contribution in [1.82, 2.24) is 0 Å². The minimum atomic E-state index is -0.483. The Morgan fingerprint density at radius 2 is 1.77 bits per heavy atom. The molecule has 0 aliphatic rings. The number of anilines is 3. The second-order valence-corrected chi connectivity index (χ2v) is 4.71. The summed E-state index contributed by atoms with van der Waals surface area (Å²) in [5, 5.41) is 15.1. The van der Waals surface area contributed by atoms with Crippen LogP contribution in [0.1, 0.15) is 23.7 Å². The highest BCUT2D eigenvalue weighted by Crippen LogP contribution is 2.22. The van der Waals surface area contributed by atoms with E-state index in [1.54, 1.807) is 31.2 Å². The molecule has 2 aromatic carbocycles. The topological polar surface area (TPSA) is 104 Å². The maximum Gasteiger partial charge on any atom is 0.259 e. The molecule has 0 heterocycles. The van der Waals surface area contributed by atoms with Gasteiger partial charge >= 0.3 is 0 Å². The van der Waals surface area contributed by atoms with Crippen LogP contribution >= 0.6 is 0 Å². The molecule has 0 unspecified atom stereocenters. The van der Waals surface area contributed by atoms with Crippen LogP contribution in [0.15, 0.2) is 42.5 Å². The van der Waals surface area contributed by atoms with Crippen molar-refractivity contribution in [2.24, 2.45) is 0 Å². The van der Waals surface area contributed by atoms with E-state index in [2.05, 4.69) is 10.6 Å². The molecule has 0 fully saturated rings. The van der Waals surface area contributed by atoms with Gasteiger partial charge in [0.2, 0.25) is 5.91 Å². The molecule has 0 spiro atoms. The van der Waals surface area contributed by atoms with E-state index in [0.29, 0.717) is 23.5 Å². The van der Waals surface area contributed by atoms with Crippen LogP contribution in [-0.2, 0) is 4.79 Å². The van der Waals surface area contributed by atoms with E-state index >= 15 is 0 Å². The Balaban J connectivity index is 2.16. The van der Waals surface area contributed by atoms with Crippen molar-refractivity contribution in [3.05, 3.63) is 48.0 Å². The third kappa shape index (κ3) is 3.76. The van der Waals surface area contributed by atoms with Gasteiger partial charge in [-0.05, 0) is 36.4 Å². The number of rotatable bonds is 4. The van der Waals surface area contributed by atoms with E-state index < -0.39 is 5.91 Å². The summed E-state index contributed by atoms with van der Waals surface area (Å²) in [5.74, 6) is -0.747. The van der Waals surface area contributed by atoms with Gasteiger partial charge in [-0.3, -0.25) is 9.59 Å². The predicted molar refractivity (Wildman–Crippen MR) is 85.8 cm³/mol. The highest BCUT2D eigenvalue weighted by atomic mass is 16.3. The Bertz CT molecular complexity index is 714. The molecule has 0 saturated heterocycles. The molecule has 2 aromatic rings. The molecule has 2 rings (SSSR count). The molecule has 0 aliphatic heterocycles. The number of carbonyl (C=O) groups excluding carboxylic acids is 2. The van der Waals surface area contributed by atoms with Gasteiger partial charge in [-0.15, -0.1) is 0 Å². The zero-order valence-corrected chi connectivity index (χ0v) is 12.1. The summed E-state index contributed by atoms with van der Waals surface area (Å²) in [7, 11) is 0. The highest BCUT2D eigenvalue weighted by molar-refractivity contribution is 6.07. The van der Waals surface area contributed by atoms with Crippen LogP contribution in [0.3, 0.4) is 0 Å². The van der Waals surface area contributed by atoms with E-state index in [1.807, 2.05) is 0 Å². The van der Waals surface area contributed by atoms with Crippen molar-refractivity contribution in [3.63, 3.8) is 0 Å². The number of hydrogen-bond acceptors (Lipinski definition) is 4. The van der Waals surface area contributed by atoms with E-state index in [-0.39, 0.29) is 17.2 Å². The summed E-state index contributed by atoms with van der Waals surface area (Å²) in [4.78, 5) is 23.5. The van der Waals surface area contributed by atoms with Crippen LogP contribution in [0.2, 0.25) is 0 Å². The second kappa shape index (κ2) is 6.62. The van der Waals surface area contributed by atoms with Gasteiger partial charge in [0.05, 0.1) is 5.56 Å². The number of benzene rings is 2. The maximum absolute atomic E-state index is 12.2. The second-order valence-electron chi connectivity index (χ2n) is 4.71. The third-order valence-electron chi connectivity index (χ3n) is 2.99. The molecule has 0 aliphatic carbocycles. The van der Waals surface area contributed by atoms with Gasteiger partial charge < -0.3 is 21.5 Å². The monoisotopic (exact) mass is 299 g/mol. The number of phenols is 1. The summed E-state index contributed by atoms with van der Waals surface area (Å²) in [6.45, 7) is 1.75. The number of hydrogen-bond donors (Lipinski definition) is 4. The molecule has 0 atom stereocenters. The summed E-state index contributed by atoms with van der Waals surface area (Å²) in [6, 6.07) is 11.0. The Morgan fingerprint density at radius 3 is 2.45 bits per heavy atom. The van der Waals surface area contributed by atoms with Crippen LogP contribution in [-0.4, -0.2) is 16.9 Å². The van der Waals surface area contributed by atoms with Gasteiger partial charge in [-0.25, -0.2) is 0 Å². The standard InChI is InChI=1S/C16H17N3O3/c1-2-15(21)18-11-4-3-5-12(9-11)19-16(22)13-8-10(17)6-7-14(13)20/h3-9,20H,2,17H2,1H3,(H,18,21)(H,19,22). The van der Waals surface area contributed by atoms with Crippen molar-refractivity contribution in [2.45, 2.75) is 13.3 Å². The van der Waals surface area contributed by atoms with Gasteiger partial charge in [0.1, 0.15) is 5.75 Å². The maximum atomic E-state index is 12.2. The van der Waals surface area contributed by atoms with E-state index in [4.69, 9.17) is 5.73 Å². The van der Waals surface area contributed by atoms with Crippen molar-refractivity contribution in [3.8, 4) is 5.75 Å². The van der Waals surface area contributed by atoms with Gasteiger partial charge in [0.25, 0.3) is 5.91 Å². The molecule has 2 amide bonds. The molecule has 0 radical (unpaired) electrons. The lowest BCUT2D eigenvalue weighted by atomic mass is 10.1. The molecule has 0 saturated carbocycles. The highest BCUT2D eigenvalue weighted by Gasteiger charge is 2.12. The number of aromatic hydroxyl groups is 1. The zero-order valence-electron chi connectivity index (χ0n) is 12.1. The average molecular weight is 299 g/mol. The number of amides is 2. The number of phenolic OH excluding ortho intramolecular Hbond substituents is 1. The Labute approximate surface area is 128 Å². The fourth-order valence-corrected chi connectivity index (χ4v) is 1.86. The fourth-order valence-electron chi connectivity index (χ4n) is 1.86. The molecular weight excluding hydrogens is 282 g/mol. The Kier molecular flexibility index (Phi) is 4.63. The van der Waals surface area contributed by atoms with E-state index in [0.717, 1.165) is 0 Å². The molecule has 5 N–H and O–H groups in total. The van der Waals surface area contributed by atoms with Crippen LogP contribution in [0.4, 0.5) is 17.1 Å². The van der Waals surface area contributed by atoms with Crippen molar-refractivity contribution < 1.29 is 14.7 Å².